The number of rotatable bonds is 0. The van der Waals surface area contributed by atoms with Gasteiger partial charge in [0.15, 0.2) is 11.6 Å². The summed E-state index contributed by atoms with van der Waals surface area (Å²) in [5.41, 5.74) is 1.28. The standard InChI is InChI=1S/C20H19N5O3/c1-3-7-17-15(5-1)22-24-19-9-10-20(21-19)25-23-16-6-2-4-8-18(16)28-14-12-26-11-13-27-17/h1-10,21H,11-14H2. The monoisotopic (exact) mass is 377 g/mol. The molecule has 2 heterocycles. The van der Waals surface area contributed by atoms with Crippen LogP contribution in [-0.2, 0) is 4.74 Å². The van der Waals surface area contributed by atoms with Crippen LogP contribution in [0.5, 0.6) is 11.5 Å². The second kappa shape index (κ2) is 8.92. The van der Waals surface area contributed by atoms with Crippen molar-refractivity contribution in [2.24, 2.45) is 20.5 Å². The number of ether oxygens (including phenoxy) is 3. The lowest BCUT2D eigenvalue weighted by Gasteiger charge is -2.10. The molecule has 142 valence electrons. The van der Waals surface area contributed by atoms with Crippen LogP contribution in [0.2, 0.25) is 0 Å². The van der Waals surface area contributed by atoms with Crippen LogP contribution in [0.3, 0.4) is 0 Å². The van der Waals surface area contributed by atoms with E-state index in [0.29, 0.717) is 60.9 Å². The fourth-order valence-corrected chi connectivity index (χ4v) is 2.55. The number of aromatic nitrogens is 1. The summed E-state index contributed by atoms with van der Waals surface area (Å²) in [5.74, 6) is 2.43. The average Bonchev–Trinajstić information content (AvgIpc) is 3.19. The number of aromatic amines is 1. The Hall–Kier alpha value is -3.52. The predicted molar refractivity (Wildman–Crippen MR) is 104 cm³/mol. The van der Waals surface area contributed by atoms with E-state index in [1.807, 2.05) is 48.5 Å². The number of nitrogens with one attached hydrogen (secondary N) is 1. The number of H-pyrrole nitrogens is 1. The van der Waals surface area contributed by atoms with Crippen LogP contribution in [0, 0.1) is 0 Å². The van der Waals surface area contributed by atoms with Crippen molar-refractivity contribution >= 4 is 23.0 Å². The van der Waals surface area contributed by atoms with E-state index in [1.54, 1.807) is 12.1 Å². The zero-order valence-electron chi connectivity index (χ0n) is 15.1. The number of para-hydroxylation sites is 2. The molecule has 0 amide bonds. The van der Waals surface area contributed by atoms with Gasteiger partial charge in [-0.3, -0.25) is 0 Å². The van der Waals surface area contributed by atoms with Crippen LogP contribution in [0.1, 0.15) is 0 Å². The first-order valence-electron chi connectivity index (χ1n) is 8.92. The van der Waals surface area contributed by atoms with Gasteiger partial charge in [-0.25, -0.2) is 0 Å². The molecule has 0 unspecified atom stereocenters. The summed E-state index contributed by atoms with van der Waals surface area (Å²) in [6.45, 7) is 1.69. The van der Waals surface area contributed by atoms with Crippen LogP contribution in [-0.4, -0.2) is 31.4 Å². The van der Waals surface area contributed by atoms with Gasteiger partial charge in [0.1, 0.15) is 36.1 Å². The summed E-state index contributed by atoms with van der Waals surface area (Å²) in [4.78, 5) is 3.06. The van der Waals surface area contributed by atoms with E-state index in [0.717, 1.165) is 0 Å². The number of hydrogen-bond donors (Lipinski definition) is 1. The van der Waals surface area contributed by atoms with Crippen molar-refractivity contribution in [3.05, 3.63) is 60.7 Å². The Labute approximate surface area is 161 Å². The molecular weight excluding hydrogens is 358 g/mol. The molecule has 0 fully saturated rings. The Morgan fingerprint density at radius 1 is 0.571 bits per heavy atom. The first kappa shape index (κ1) is 17.9. The molecule has 1 aromatic heterocycles. The van der Waals surface area contributed by atoms with Crippen molar-refractivity contribution in [3.8, 4) is 11.5 Å². The van der Waals surface area contributed by atoms with E-state index in [1.165, 1.54) is 0 Å². The minimum atomic E-state index is 0.407. The van der Waals surface area contributed by atoms with Crippen LogP contribution in [0.25, 0.3) is 0 Å². The first-order chi connectivity index (χ1) is 13.9. The quantitative estimate of drug-likeness (QED) is 0.550. The molecule has 0 saturated heterocycles. The molecule has 8 nitrogen and oxygen atoms in total. The molecule has 0 saturated carbocycles. The van der Waals surface area contributed by atoms with Gasteiger partial charge in [-0.05, 0) is 36.4 Å². The summed E-state index contributed by atoms with van der Waals surface area (Å²) in [5, 5.41) is 17.0. The maximum Gasteiger partial charge on any atom is 0.154 e. The molecule has 2 bridgehead atoms. The summed E-state index contributed by atoms with van der Waals surface area (Å²) < 4.78 is 17.1. The highest BCUT2D eigenvalue weighted by Crippen LogP contribution is 2.31. The van der Waals surface area contributed by atoms with Gasteiger partial charge in [0, 0.05) is 0 Å². The zero-order valence-corrected chi connectivity index (χ0v) is 15.1. The highest BCUT2D eigenvalue weighted by Gasteiger charge is 2.05. The zero-order chi connectivity index (χ0) is 19.0. The molecule has 1 N–H and O–H groups in total. The minimum Gasteiger partial charge on any atom is -0.489 e. The number of nitrogens with zero attached hydrogens (tertiary/aromatic N) is 4. The van der Waals surface area contributed by atoms with Gasteiger partial charge >= 0.3 is 0 Å². The molecule has 0 atom stereocenters. The van der Waals surface area contributed by atoms with Gasteiger partial charge in [-0.1, -0.05) is 24.3 Å². The van der Waals surface area contributed by atoms with Gasteiger partial charge < -0.3 is 19.2 Å². The van der Waals surface area contributed by atoms with E-state index in [-0.39, 0.29) is 0 Å². The second-order valence-corrected chi connectivity index (χ2v) is 5.87. The van der Waals surface area contributed by atoms with Crippen LogP contribution in [0.4, 0.5) is 23.0 Å². The van der Waals surface area contributed by atoms with E-state index in [9.17, 15) is 0 Å². The lowest BCUT2D eigenvalue weighted by molar-refractivity contribution is 0.0767. The molecule has 4 rings (SSSR count). The summed E-state index contributed by atoms with van der Waals surface area (Å²) >= 11 is 0. The maximum absolute atomic E-state index is 5.76. The number of hydrogen-bond acceptors (Lipinski definition) is 7. The molecule has 2 aromatic carbocycles. The molecule has 1 aliphatic heterocycles. The predicted octanol–water partition coefficient (Wildman–Crippen LogP) is 5.63. The first-order valence-corrected chi connectivity index (χ1v) is 8.92. The lowest BCUT2D eigenvalue weighted by Crippen LogP contribution is -2.12. The molecule has 1 aliphatic rings. The number of fused-ring (bicyclic) bond motifs is 4. The van der Waals surface area contributed by atoms with Gasteiger partial charge in [-0.15, -0.1) is 20.5 Å². The molecular formula is C20H19N5O3. The highest BCUT2D eigenvalue weighted by atomic mass is 16.5. The Balaban J connectivity index is 1.61. The van der Waals surface area contributed by atoms with E-state index < -0.39 is 0 Å². The second-order valence-electron chi connectivity index (χ2n) is 5.87. The topological polar surface area (TPSA) is 92.9 Å². The maximum atomic E-state index is 5.76. The van der Waals surface area contributed by atoms with Gasteiger partial charge in [-0.2, -0.15) is 0 Å². The third-order valence-electron chi connectivity index (χ3n) is 3.89. The van der Waals surface area contributed by atoms with E-state index >= 15 is 0 Å². The van der Waals surface area contributed by atoms with Crippen LogP contribution < -0.4 is 9.47 Å². The van der Waals surface area contributed by atoms with Crippen LogP contribution in [0.15, 0.2) is 81.1 Å². The summed E-state index contributed by atoms with van der Waals surface area (Å²) in [7, 11) is 0. The van der Waals surface area contributed by atoms with Gasteiger partial charge in [0.25, 0.3) is 0 Å². The SMILES string of the molecule is c1ccc2c(c1)N=Nc1ccc([nH]1)N=Nc1ccccc1OCCOCCO2. The van der Waals surface area contributed by atoms with Gasteiger partial charge in [0.2, 0.25) is 0 Å². The third-order valence-corrected chi connectivity index (χ3v) is 3.89. The van der Waals surface area contributed by atoms with Crippen molar-refractivity contribution < 1.29 is 14.2 Å². The summed E-state index contributed by atoms with van der Waals surface area (Å²) in [6.07, 6.45) is 0. The summed E-state index contributed by atoms with van der Waals surface area (Å²) in [6, 6.07) is 18.5. The fraction of sp³-hybridized carbons (Fsp3) is 0.200. The molecule has 0 radical (unpaired) electrons. The van der Waals surface area contributed by atoms with Crippen molar-refractivity contribution in [2.45, 2.75) is 0 Å². The number of azo groups is 2. The van der Waals surface area contributed by atoms with Crippen molar-refractivity contribution in [1.82, 2.24) is 4.98 Å². The fourth-order valence-electron chi connectivity index (χ4n) is 2.55. The molecule has 0 aliphatic carbocycles. The molecule has 28 heavy (non-hydrogen) atoms. The van der Waals surface area contributed by atoms with E-state index in [4.69, 9.17) is 14.2 Å². The highest BCUT2D eigenvalue weighted by molar-refractivity contribution is 5.52. The van der Waals surface area contributed by atoms with Crippen molar-refractivity contribution in [1.29, 1.82) is 0 Å². The Morgan fingerprint density at radius 2 is 1.07 bits per heavy atom. The van der Waals surface area contributed by atoms with Crippen molar-refractivity contribution in [2.75, 3.05) is 26.4 Å². The Morgan fingerprint density at radius 3 is 1.61 bits per heavy atom. The van der Waals surface area contributed by atoms with E-state index in [2.05, 4.69) is 25.4 Å². The average molecular weight is 377 g/mol. The Bertz CT molecular complexity index is 907. The Kier molecular flexibility index (Phi) is 5.69. The normalized spacial score (nSPS) is 14.7. The largest absolute Gasteiger partial charge is 0.489 e. The smallest absolute Gasteiger partial charge is 0.154 e. The molecule has 0 spiro atoms. The number of benzene rings is 2. The molecule has 8 heteroatoms. The minimum absolute atomic E-state index is 0.407. The van der Waals surface area contributed by atoms with Crippen LogP contribution >= 0.6 is 0 Å². The third kappa shape index (κ3) is 4.60. The molecule has 3 aromatic rings. The van der Waals surface area contributed by atoms with Gasteiger partial charge in [0.05, 0.1) is 13.2 Å². The van der Waals surface area contributed by atoms with Crippen molar-refractivity contribution in [3.63, 3.8) is 0 Å². The lowest BCUT2D eigenvalue weighted by atomic mass is 10.3.